The highest BCUT2D eigenvalue weighted by atomic mass is 16.3. The minimum Gasteiger partial charge on any atom is -0.392 e. The third kappa shape index (κ3) is 10.2. The minimum absolute atomic E-state index is 0.0182. The van der Waals surface area contributed by atoms with Crippen LogP contribution in [0.5, 0.6) is 0 Å². The van der Waals surface area contributed by atoms with Crippen LogP contribution in [0.2, 0.25) is 0 Å². The van der Waals surface area contributed by atoms with E-state index in [4.69, 9.17) is 5.11 Å². The van der Waals surface area contributed by atoms with Crippen LogP contribution in [-0.2, 0) is 0 Å². The molecule has 0 aromatic rings. The van der Waals surface area contributed by atoms with Crippen LogP contribution in [0.15, 0.2) is 37.0 Å². The molecule has 1 N–H and O–H groups in total. The molecule has 0 aliphatic carbocycles. The molecule has 0 fully saturated rings. The van der Waals surface area contributed by atoms with Crippen molar-refractivity contribution in [1.29, 1.82) is 0 Å². The van der Waals surface area contributed by atoms with Crippen molar-refractivity contribution in [3.63, 3.8) is 0 Å². The van der Waals surface area contributed by atoms with Gasteiger partial charge >= 0.3 is 0 Å². The van der Waals surface area contributed by atoms with E-state index >= 15 is 0 Å². The molecule has 0 unspecified atom stereocenters. The molecule has 0 aliphatic heterocycles. The number of hydrogen-bond acceptors (Lipinski definition) is 1. The van der Waals surface area contributed by atoms with E-state index in [1.54, 1.807) is 18.2 Å². The first-order valence-corrected chi connectivity index (χ1v) is 3.39. The Bertz CT molecular complexity index is 112. The van der Waals surface area contributed by atoms with Crippen molar-refractivity contribution < 1.29 is 5.11 Å². The van der Waals surface area contributed by atoms with Crippen molar-refractivity contribution in [2.75, 3.05) is 6.61 Å². The average molecular weight is 140 g/mol. The second-order valence-corrected chi connectivity index (χ2v) is 1.41. The molecule has 0 radical (unpaired) electrons. The standard InChI is InChI=1S/C7H10O.C2H6/c1-3-4-5-7(2)6-8;1-2/h3-5,8H,1-2,6H2;1-2H3/b5-4-;. The topological polar surface area (TPSA) is 20.2 Å². The van der Waals surface area contributed by atoms with E-state index in [2.05, 4.69) is 13.2 Å². The molecule has 0 heterocycles. The SMILES string of the molecule is C=C/C=C\C(=C)CO.CC. The van der Waals surface area contributed by atoms with Crippen LogP contribution in [0.4, 0.5) is 0 Å². The number of rotatable bonds is 3. The van der Waals surface area contributed by atoms with Gasteiger partial charge in [0.05, 0.1) is 6.61 Å². The zero-order valence-corrected chi connectivity index (χ0v) is 6.80. The van der Waals surface area contributed by atoms with Crippen molar-refractivity contribution in [2.45, 2.75) is 13.8 Å². The van der Waals surface area contributed by atoms with E-state index < -0.39 is 0 Å². The Morgan fingerprint density at radius 2 is 2.00 bits per heavy atom. The lowest BCUT2D eigenvalue weighted by molar-refractivity contribution is 0.335. The van der Waals surface area contributed by atoms with E-state index in [-0.39, 0.29) is 6.61 Å². The lowest BCUT2D eigenvalue weighted by Crippen LogP contribution is -1.80. The second-order valence-electron chi connectivity index (χ2n) is 1.41. The second kappa shape index (κ2) is 11.0. The van der Waals surface area contributed by atoms with Crippen molar-refractivity contribution in [2.24, 2.45) is 0 Å². The molecular formula is C9H16O. The molecule has 58 valence electrons. The number of aliphatic hydroxyl groups excluding tert-OH is 1. The van der Waals surface area contributed by atoms with E-state index in [0.717, 1.165) is 0 Å². The fourth-order valence-corrected chi connectivity index (χ4v) is 0.257. The van der Waals surface area contributed by atoms with Gasteiger partial charge in [-0.3, -0.25) is 0 Å². The van der Waals surface area contributed by atoms with Crippen LogP contribution in [0, 0.1) is 0 Å². The van der Waals surface area contributed by atoms with Gasteiger partial charge in [0.15, 0.2) is 0 Å². The first-order valence-electron chi connectivity index (χ1n) is 3.39. The fraction of sp³-hybridized carbons (Fsp3) is 0.333. The average Bonchev–Trinajstić information content (AvgIpc) is 2.04. The van der Waals surface area contributed by atoms with Gasteiger partial charge in [0.1, 0.15) is 0 Å². The maximum atomic E-state index is 8.38. The van der Waals surface area contributed by atoms with Gasteiger partial charge < -0.3 is 5.11 Å². The smallest absolute Gasteiger partial charge is 0.0676 e. The van der Waals surface area contributed by atoms with Gasteiger partial charge in [0, 0.05) is 0 Å². The Labute approximate surface area is 63.4 Å². The maximum Gasteiger partial charge on any atom is 0.0676 e. The highest BCUT2D eigenvalue weighted by Crippen LogP contribution is 1.88. The number of aliphatic hydroxyl groups is 1. The normalized spacial score (nSPS) is 8.30. The van der Waals surface area contributed by atoms with E-state index in [1.165, 1.54) is 0 Å². The van der Waals surface area contributed by atoms with Gasteiger partial charge in [-0.05, 0) is 5.57 Å². The Morgan fingerprint density at radius 1 is 1.50 bits per heavy atom. The predicted molar refractivity (Wildman–Crippen MR) is 46.9 cm³/mol. The predicted octanol–water partition coefficient (Wildman–Crippen LogP) is 2.30. The van der Waals surface area contributed by atoms with Gasteiger partial charge in [0.2, 0.25) is 0 Å². The van der Waals surface area contributed by atoms with Crippen LogP contribution in [0.3, 0.4) is 0 Å². The third-order valence-corrected chi connectivity index (χ3v) is 0.671. The van der Waals surface area contributed by atoms with E-state index in [1.807, 2.05) is 13.8 Å². The van der Waals surface area contributed by atoms with Gasteiger partial charge in [-0.25, -0.2) is 0 Å². The highest BCUT2D eigenvalue weighted by molar-refractivity contribution is 5.17. The largest absolute Gasteiger partial charge is 0.392 e. The summed E-state index contributed by atoms with van der Waals surface area (Å²) in [4.78, 5) is 0. The Kier molecular flexibility index (Phi) is 13.2. The van der Waals surface area contributed by atoms with Gasteiger partial charge in [-0.2, -0.15) is 0 Å². The summed E-state index contributed by atoms with van der Waals surface area (Å²) >= 11 is 0. The summed E-state index contributed by atoms with van der Waals surface area (Å²) in [7, 11) is 0. The van der Waals surface area contributed by atoms with Crippen LogP contribution >= 0.6 is 0 Å². The number of hydrogen-bond donors (Lipinski definition) is 1. The van der Waals surface area contributed by atoms with Crippen LogP contribution in [-0.4, -0.2) is 11.7 Å². The monoisotopic (exact) mass is 140 g/mol. The molecule has 0 aromatic carbocycles. The van der Waals surface area contributed by atoms with Crippen LogP contribution in [0.25, 0.3) is 0 Å². The molecule has 0 saturated heterocycles. The molecule has 0 spiro atoms. The summed E-state index contributed by atoms with van der Waals surface area (Å²) < 4.78 is 0. The molecule has 0 saturated carbocycles. The number of allylic oxidation sites excluding steroid dienone is 2. The first kappa shape index (κ1) is 11.9. The minimum atomic E-state index is 0.0182. The molecule has 10 heavy (non-hydrogen) atoms. The summed E-state index contributed by atoms with van der Waals surface area (Å²) in [5.74, 6) is 0. The Balaban J connectivity index is 0. The van der Waals surface area contributed by atoms with Crippen molar-refractivity contribution in [1.82, 2.24) is 0 Å². The third-order valence-electron chi connectivity index (χ3n) is 0.671. The quantitative estimate of drug-likeness (QED) is 0.596. The van der Waals surface area contributed by atoms with Crippen LogP contribution in [0.1, 0.15) is 13.8 Å². The molecule has 0 amide bonds. The zero-order valence-electron chi connectivity index (χ0n) is 6.80. The Hall–Kier alpha value is -0.820. The fourth-order valence-electron chi connectivity index (χ4n) is 0.257. The van der Waals surface area contributed by atoms with Gasteiger partial charge in [-0.1, -0.05) is 45.2 Å². The lowest BCUT2D eigenvalue weighted by atomic mass is 10.3. The maximum absolute atomic E-state index is 8.38. The molecule has 0 aromatic heterocycles. The van der Waals surface area contributed by atoms with Crippen molar-refractivity contribution in [3.05, 3.63) is 37.0 Å². The van der Waals surface area contributed by atoms with E-state index in [9.17, 15) is 0 Å². The molecule has 0 bridgehead atoms. The summed E-state index contributed by atoms with van der Waals surface area (Å²) in [5.41, 5.74) is 0.699. The van der Waals surface area contributed by atoms with E-state index in [0.29, 0.717) is 5.57 Å². The lowest BCUT2D eigenvalue weighted by Gasteiger charge is -1.86. The molecule has 0 atom stereocenters. The summed E-state index contributed by atoms with van der Waals surface area (Å²) in [6.07, 6.45) is 5.09. The summed E-state index contributed by atoms with van der Waals surface area (Å²) in [6, 6.07) is 0. The van der Waals surface area contributed by atoms with Crippen molar-refractivity contribution >= 4 is 0 Å². The summed E-state index contributed by atoms with van der Waals surface area (Å²) in [5, 5.41) is 8.38. The molecule has 0 rings (SSSR count). The zero-order chi connectivity index (χ0) is 8.41. The molecule has 0 aliphatic rings. The highest BCUT2D eigenvalue weighted by Gasteiger charge is 1.77. The van der Waals surface area contributed by atoms with Crippen molar-refractivity contribution in [3.8, 4) is 0 Å². The molecule has 1 nitrogen and oxygen atoms in total. The van der Waals surface area contributed by atoms with Gasteiger partial charge in [0.25, 0.3) is 0 Å². The van der Waals surface area contributed by atoms with Gasteiger partial charge in [-0.15, -0.1) is 0 Å². The molecule has 1 heteroatoms. The summed E-state index contributed by atoms with van der Waals surface area (Å²) in [6.45, 7) is 11.0. The Morgan fingerprint density at radius 3 is 2.30 bits per heavy atom. The van der Waals surface area contributed by atoms with Crippen LogP contribution < -0.4 is 0 Å². The molecular weight excluding hydrogens is 124 g/mol. The first-order chi connectivity index (χ1) is 4.81.